The van der Waals surface area contributed by atoms with E-state index in [2.05, 4.69) is 10.3 Å². The van der Waals surface area contributed by atoms with E-state index >= 15 is 4.39 Å². The van der Waals surface area contributed by atoms with Crippen LogP contribution in [0.3, 0.4) is 0 Å². The molecule has 5 fully saturated rings. The number of hydrogen-bond donors (Lipinski definition) is 4. The van der Waals surface area contributed by atoms with Crippen LogP contribution in [0.5, 0.6) is 0 Å². The first-order valence-corrected chi connectivity index (χ1v) is 22.9. The smallest absolute Gasteiger partial charge is 0.408 e. The highest BCUT2D eigenvalue weighted by Gasteiger charge is 2.77. The number of halogens is 1. The SMILES string of the molecule is CC(=O)O[C@@]12CO[C@@H]1CC[C@@]1(C)[C@@H]3O[C@H](CN4CC(OC(N)=O)C4)O[C@@H]3C3=C(C)[C@@H](OC(=O)[C@H](O)[C@@H](NC(=O)OC(C)(C)C)c4ncccc4F)C[C@@](O)([C@@H](OC(=O)c4ccccc4)[C@@H]12)C3(C)C. The number of carbonyl (C=O) groups is 5. The normalized spacial score (nSPS) is 33.8. The highest BCUT2D eigenvalue weighted by Crippen LogP contribution is 2.66. The van der Waals surface area contributed by atoms with Crippen molar-refractivity contribution >= 4 is 30.1 Å². The summed E-state index contributed by atoms with van der Waals surface area (Å²) < 4.78 is 65.2. The third kappa shape index (κ3) is 8.72. The second-order valence-electron chi connectivity index (χ2n) is 20.6. The topological polar surface area (TPSA) is 254 Å². The molecule has 3 saturated heterocycles. The lowest BCUT2D eigenvalue weighted by molar-refractivity contribution is -0.345. The number of alkyl carbamates (subject to hydrolysis) is 1. The minimum Gasteiger partial charge on any atom is -0.456 e. The van der Waals surface area contributed by atoms with Gasteiger partial charge in [0.05, 0.1) is 24.2 Å². The van der Waals surface area contributed by atoms with Gasteiger partial charge in [-0.1, -0.05) is 39.0 Å². The predicted molar refractivity (Wildman–Crippen MR) is 233 cm³/mol. The molecule has 3 aliphatic carbocycles. The van der Waals surface area contributed by atoms with E-state index in [0.717, 1.165) is 6.07 Å². The van der Waals surface area contributed by atoms with Crippen molar-refractivity contribution in [3.63, 3.8) is 0 Å². The number of aliphatic hydroxyl groups excluding tert-OH is 1. The van der Waals surface area contributed by atoms with E-state index in [9.17, 15) is 34.2 Å². The van der Waals surface area contributed by atoms with Crippen LogP contribution in [-0.2, 0) is 47.5 Å². The average molecular weight is 953 g/mol. The number of pyridine rings is 1. The van der Waals surface area contributed by atoms with Crippen molar-refractivity contribution in [2.75, 3.05) is 26.2 Å². The molecule has 2 amide bonds. The van der Waals surface area contributed by atoms with Crippen LogP contribution < -0.4 is 11.1 Å². The molecular weight excluding hydrogens is 892 g/mol. The molecule has 12 atom stereocenters. The Hall–Kier alpha value is -5.25. The third-order valence-electron chi connectivity index (χ3n) is 14.7. The van der Waals surface area contributed by atoms with Crippen molar-refractivity contribution in [1.82, 2.24) is 15.2 Å². The molecule has 2 bridgehead atoms. The molecule has 1 aromatic heterocycles. The fourth-order valence-corrected chi connectivity index (χ4v) is 11.6. The maximum absolute atomic E-state index is 15.4. The number of likely N-dealkylation sites (tertiary alicyclic amines) is 1. The first-order valence-electron chi connectivity index (χ1n) is 22.9. The number of ether oxygens (including phenoxy) is 8. The summed E-state index contributed by atoms with van der Waals surface area (Å²) in [7, 11) is 0. The van der Waals surface area contributed by atoms with Crippen molar-refractivity contribution in [3.8, 4) is 0 Å². The number of amides is 2. The Labute approximate surface area is 393 Å². The second-order valence-corrected chi connectivity index (χ2v) is 20.6. The number of nitrogens with one attached hydrogen (secondary N) is 1. The number of aromatic nitrogens is 1. The van der Waals surface area contributed by atoms with Crippen LogP contribution in [0.1, 0.15) is 96.7 Å². The number of carbonyl (C=O) groups excluding carboxylic acids is 5. The number of nitrogens with zero attached hydrogens (tertiary/aromatic N) is 2. The molecule has 0 radical (unpaired) electrons. The standard InChI is InChI=1S/C48H61FN4O15/c1-24-29(63-41(57)35(55)34(33-28(49)15-12-18-51-33)52-43(59)68-44(3,4)5)19-48(60)39(66-40(56)26-13-10-9-11-14-26)37-46(8,17-16-30-47(37,23-61-30)67-25(2)54)38-36(32(24)45(48,6)7)64-31(65-38)22-53-20-27(21-53)62-42(50)58/h9-15,18,27,29-31,34-39,55,60H,16-17,19-23H2,1-8H3,(H2,50,58)(H,52,59)/t29-,30+,31+,34-,35+,36+,37-,38+,39-,46+,47-,48+/m0/s1. The molecule has 370 valence electrons. The largest absolute Gasteiger partial charge is 0.456 e. The van der Waals surface area contributed by atoms with Crippen LogP contribution in [-0.4, -0.2) is 142 Å². The van der Waals surface area contributed by atoms with Crippen LogP contribution >= 0.6 is 0 Å². The maximum atomic E-state index is 15.4. The summed E-state index contributed by atoms with van der Waals surface area (Å²) in [6.07, 6.45) is -9.49. The van der Waals surface area contributed by atoms with Crippen molar-refractivity contribution < 1.29 is 76.5 Å². The van der Waals surface area contributed by atoms with E-state index < -0.39 is 137 Å². The summed E-state index contributed by atoms with van der Waals surface area (Å²) in [4.78, 5) is 72.8. The van der Waals surface area contributed by atoms with Gasteiger partial charge in [-0.2, -0.15) is 0 Å². The summed E-state index contributed by atoms with van der Waals surface area (Å²) in [5.74, 6) is -4.75. The Morgan fingerprint density at radius 2 is 1.74 bits per heavy atom. The summed E-state index contributed by atoms with van der Waals surface area (Å²) >= 11 is 0. The number of rotatable bonds is 11. The number of hydrogen-bond acceptors (Lipinski definition) is 17. The van der Waals surface area contributed by atoms with E-state index in [4.69, 9.17) is 43.6 Å². The highest BCUT2D eigenvalue weighted by molar-refractivity contribution is 5.89. The molecule has 8 rings (SSSR count). The lowest BCUT2D eigenvalue weighted by Crippen LogP contribution is -2.79. The van der Waals surface area contributed by atoms with Gasteiger partial charge >= 0.3 is 30.1 Å². The number of primary amides is 1. The number of fused-ring (bicyclic) bond motifs is 8. The highest BCUT2D eigenvalue weighted by atomic mass is 19.1. The summed E-state index contributed by atoms with van der Waals surface area (Å²) in [5, 5.41) is 28.1. The fraction of sp³-hybridized carbons (Fsp3) is 0.625. The van der Waals surface area contributed by atoms with E-state index in [1.807, 2.05) is 11.8 Å². The van der Waals surface area contributed by atoms with Crippen LogP contribution in [0.2, 0.25) is 0 Å². The molecule has 20 heteroatoms. The van der Waals surface area contributed by atoms with Gasteiger partial charge in [0.1, 0.15) is 59.3 Å². The molecule has 19 nitrogen and oxygen atoms in total. The summed E-state index contributed by atoms with van der Waals surface area (Å²) in [6, 6.07) is 8.72. The van der Waals surface area contributed by atoms with Gasteiger partial charge in [-0.05, 0) is 75.9 Å². The van der Waals surface area contributed by atoms with Crippen molar-refractivity contribution in [2.24, 2.45) is 22.5 Å². The van der Waals surface area contributed by atoms with Crippen LogP contribution in [0.4, 0.5) is 14.0 Å². The Balaban J connectivity index is 1.25. The lowest BCUT2D eigenvalue weighted by Gasteiger charge is -2.68. The molecular formula is C48H61FN4O15. The Morgan fingerprint density at radius 1 is 1.03 bits per heavy atom. The molecule has 3 aliphatic heterocycles. The number of nitrogens with two attached hydrogens (primary N) is 1. The second kappa shape index (κ2) is 17.9. The van der Waals surface area contributed by atoms with Gasteiger partial charge < -0.3 is 59.2 Å². The molecule has 5 N–H and O–H groups in total. The molecule has 6 aliphatic rings. The van der Waals surface area contributed by atoms with Crippen molar-refractivity contribution in [2.45, 2.75) is 147 Å². The number of benzene rings is 1. The van der Waals surface area contributed by atoms with Gasteiger partial charge in [0.2, 0.25) is 0 Å². The quantitative estimate of drug-likeness (QED) is 0.142. The molecule has 1 aromatic carbocycles. The van der Waals surface area contributed by atoms with Crippen LogP contribution in [0.25, 0.3) is 0 Å². The number of aliphatic hydroxyl groups is 2. The maximum Gasteiger partial charge on any atom is 0.408 e. The zero-order valence-electron chi connectivity index (χ0n) is 39.4. The Morgan fingerprint density at radius 3 is 2.35 bits per heavy atom. The minimum absolute atomic E-state index is 0.105. The van der Waals surface area contributed by atoms with Crippen molar-refractivity contribution in [1.29, 1.82) is 0 Å². The van der Waals surface area contributed by atoms with Gasteiger partial charge in [0.25, 0.3) is 0 Å². The van der Waals surface area contributed by atoms with Gasteiger partial charge in [-0.25, -0.2) is 23.6 Å². The first-order chi connectivity index (χ1) is 31.9. The molecule has 0 unspecified atom stereocenters. The number of esters is 3. The lowest BCUT2D eigenvalue weighted by atomic mass is 9.45. The summed E-state index contributed by atoms with van der Waals surface area (Å²) in [5.41, 5.74) is -1.33. The van der Waals surface area contributed by atoms with E-state index in [1.54, 1.807) is 71.9 Å². The molecule has 4 heterocycles. The van der Waals surface area contributed by atoms with E-state index in [-0.39, 0.29) is 18.7 Å². The van der Waals surface area contributed by atoms with Gasteiger partial charge in [0.15, 0.2) is 18.0 Å². The average Bonchev–Trinajstić information content (AvgIpc) is 3.65. The Bertz CT molecular complexity index is 2340. The van der Waals surface area contributed by atoms with Crippen molar-refractivity contribution in [3.05, 3.63) is 76.9 Å². The summed E-state index contributed by atoms with van der Waals surface area (Å²) in [6.45, 7) is 14.1. The third-order valence-corrected chi connectivity index (χ3v) is 14.7. The van der Waals surface area contributed by atoms with Crippen LogP contribution in [0.15, 0.2) is 59.8 Å². The molecule has 68 heavy (non-hydrogen) atoms. The first kappa shape index (κ1) is 49.2. The monoisotopic (exact) mass is 952 g/mol. The molecule has 2 saturated carbocycles. The molecule has 2 aromatic rings. The van der Waals surface area contributed by atoms with Crippen LogP contribution in [0, 0.1) is 22.6 Å². The zero-order valence-corrected chi connectivity index (χ0v) is 39.4. The minimum atomic E-state index is -2.28. The molecule has 0 spiro atoms. The Kier molecular flexibility index (Phi) is 13.0. The van der Waals surface area contributed by atoms with E-state index in [1.165, 1.54) is 19.2 Å². The zero-order chi connectivity index (χ0) is 49.3. The van der Waals surface area contributed by atoms with Gasteiger partial charge in [-0.3, -0.25) is 14.7 Å². The fourth-order valence-electron chi connectivity index (χ4n) is 11.6. The van der Waals surface area contributed by atoms with E-state index in [0.29, 0.717) is 37.1 Å². The predicted octanol–water partition coefficient (Wildman–Crippen LogP) is 3.78. The van der Waals surface area contributed by atoms with Gasteiger partial charge in [-0.15, -0.1) is 0 Å². The van der Waals surface area contributed by atoms with Gasteiger partial charge in [0, 0.05) is 50.0 Å².